The number of hydrogen-bond donors (Lipinski definition) is 2. The van der Waals surface area contributed by atoms with Crippen molar-refractivity contribution in [3.63, 3.8) is 0 Å². The number of methoxy groups -OCH3 is 2. The zero-order valence-electron chi connectivity index (χ0n) is 11.4. The highest BCUT2D eigenvalue weighted by atomic mass is 32.1. The molecule has 2 N–H and O–H groups in total. The molecule has 1 aromatic carbocycles. The van der Waals surface area contributed by atoms with Gasteiger partial charge in [-0.25, -0.2) is 0 Å². The Bertz CT molecular complexity index is 449. The molecule has 0 aliphatic carbocycles. The minimum atomic E-state index is 0.464. The number of benzene rings is 1. The van der Waals surface area contributed by atoms with E-state index in [1.54, 1.807) is 14.2 Å². The molecule has 19 heavy (non-hydrogen) atoms. The standard InChI is InChI=1S/C13H19N3O2S/c1-10(11-6-4-5-7-12(11)18-3)15-16-13(19)14-8-9-17-2/h4-7H,8-9H2,1-3H3,(H2,14,16,19)/b15-10-. The molecule has 0 heterocycles. The second kappa shape index (κ2) is 8.44. The van der Waals surface area contributed by atoms with Gasteiger partial charge in [0.25, 0.3) is 0 Å². The Hall–Kier alpha value is -1.66. The summed E-state index contributed by atoms with van der Waals surface area (Å²) >= 11 is 5.08. The molecule has 0 amide bonds. The van der Waals surface area contributed by atoms with Crippen LogP contribution in [0.5, 0.6) is 5.75 Å². The summed E-state index contributed by atoms with van der Waals surface area (Å²) in [6.45, 7) is 3.13. The lowest BCUT2D eigenvalue weighted by Gasteiger charge is -2.09. The fourth-order valence-corrected chi connectivity index (χ4v) is 1.59. The molecule has 0 saturated heterocycles. The molecule has 1 rings (SSSR count). The van der Waals surface area contributed by atoms with E-state index in [1.807, 2.05) is 31.2 Å². The van der Waals surface area contributed by atoms with Crippen LogP contribution >= 0.6 is 12.2 Å². The quantitative estimate of drug-likeness (QED) is 0.358. The number of nitrogens with zero attached hydrogens (tertiary/aromatic N) is 1. The van der Waals surface area contributed by atoms with E-state index in [-0.39, 0.29) is 0 Å². The number of rotatable bonds is 6. The smallest absolute Gasteiger partial charge is 0.187 e. The largest absolute Gasteiger partial charge is 0.496 e. The zero-order chi connectivity index (χ0) is 14.1. The predicted molar refractivity (Wildman–Crippen MR) is 80.8 cm³/mol. The lowest BCUT2D eigenvalue weighted by atomic mass is 10.1. The SMILES string of the molecule is COCCNC(=S)N/N=C(/C)c1ccccc1OC. The number of ether oxygens (including phenoxy) is 2. The van der Waals surface area contributed by atoms with Crippen LogP contribution in [0.15, 0.2) is 29.4 Å². The Morgan fingerprint density at radius 3 is 2.74 bits per heavy atom. The summed E-state index contributed by atoms with van der Waals surface area (Å²) in [5.41, 5.74) is 4.52. The van der Waals surface area contributed by atoms with Crippen molar-refractivity contribution in [2.75, 3.05) is 27.4 Å². The molecular weight excluding hydrogens is 262 g/mol. The van der Waals surface area contributed by atoms with Crippen LogP contribution in [0.1, 0.15) is 12.5 Å². The average molecular weight is 281 g/mol. The molecule has 0 bridgehead atoms. The molecular formula is C13H19N3O2S. The molecule has 0 atom stereocenters. The van der Waals surface area contributed by atoms with Crippen LogP contribution in [0.3, 0.4) is 0 Å². The van der Waals surface area contributed by atoms with Gasteiger partial charge in [-0.15, -0.1) is 0 Å². The normalized spacial score (nSPS) is 11.0. The van der Waals surface area contributed by atoms with Gasteiger partial charge in [0.2, 0.25) is 0 Å². The number of nitrogens with one attached hydrogen (secondary N) is 2. The van der Waals surface area contributed by atoms with Gasteiger partial charge in [0.1, 0.15) is 5.75 Å². The lowest BCUT2D eigenvalue weighted by molar-refractivity contribution is 0.204. The van der Waals surface area contributed by atoms with Crippen molar-refractivity contribution in [2.24, 2.45) is 5.10 Å². The molecule has 0 saturated carbocycles. The first kappa shape index (κ1) is 15.4. The Labute approximate surface area is 119 Å². The van der Waals surface area contributed by atoms with Crippen molar-refractivity contribution in [3.8, 4) is 5.75 Å². The summed E-state index contributed by atoms with van der Waals surface area (Å²) in [7, 11) is 3.28. The Morgan fingerprint density at radius 2 is 2.05 bits per heavy atom. The van der Waals surface area contributed by atoms with E-state index >= 15 is 0 Å². The maximum atomic E-state index is 5.28. The van der Waals surface area contributed by atoms with Gasteiger partial charge in [-0.3, -0.25) is 5.43 Å². The molecule has 0 aliphatic rings. The molecule has 5 nitrogen and oxygen atoms in total. The van der Waals surface area contributed by atoms with Gasteiger partial charge in [0.15, 0.2) is 5.11 Å². The van der Waals surface area contributed by atoms with E-state index in [2.05, 4.69) is 15.8 Å². The topological polar surface area (TPSA) is 54.9 Å². The van der Waals surface area contributed by atoms with Crippen LogP contribution in [0.25, 0.3) is 0 Å². The third-order valence-corrected chi connectivity index (χ3v) is 2.65. The van der Waals surface area contributed by atoms with Gasteiger partial charge >= 0.3 is 0 Å². The van der Waals surface area contributed by atoms with Crippen LogP contribution in [-0.4, -0.2) is 38.2 Å². The summed E-state index contributed by atoms with van der Waals surface area (Å²) in [5, 5.41) is 7.66. The highest BCUT2D eigenvalue weighted by Gasteiger charge is 2.04. The maximum absolute atomic E-state index is 5.28. The van der Waals surface area contributed by atoms with E-state index in [0.717, 1.165) is 17.0 Å². The van der Waals surface area contributed by atoms with E-state index in [0.29, 0.717) is 18.3 Å². The van der Waals surface area contributed by atoms with E-state index in [4.69, 9.17) is 21.7 Å². The third kappa shape index (κ3) is 5.23. The van der Waals surface area contributed by atoms with E-state index in [1.165, 1.54) is 0 Å². The summed E-state index contributed by atoms with van der Waals surface area (Å²) in [5.74, 6) is 0.781. The highest BCUT2D eigenvalue weighted by Crippen LogP contribution is 2.17. The molecule has 104 valence electrons. The summed E-state index contributed by atoms with van der Waals surface area (Å²) in [6, 6.07) is 7.69. The Morgan fingerprint density at radius 1 is 1.32 bits per heavy atom. The summed E-state index contributed by atoms with van der Waals surface area (Å²) in [4.78, 5) is 0. The van der Waals surface area contributed by atoms with Crippen LogP contribution in [0.2, 0.25) is 0 Å². The van der Waals surface area contributed by atoms with Gasteiger partial charge in [0.05, 0.1) is 19.4 Å². The van der Waals surface area contributed by atoms with Crippen molar-refractivity contribution in [2.45, 2.75) is 6.92 Å². The van der Waals surface area contributed by atoms with E-state index < -0.39 is 0 Å². The van der Waals surface area contributed by atoms with Crippen LogP contribution in [-0.2, 0) is 4.74 Å². The van der Waals surface area contributed by atoms with Crippen molar-refractivity contribution in [3.05, 3.63) is 29.8 Å². The second-order valence-corrected chi connectivity index (χ2v) is 4.17. The predicted octanol–water partition coefficient (Wildman–Crippen LogP) is 1.53. The minimum absolute atomic E-state index is 0.464. The van der Waals surface area contributed by atoms with Crippen molar-refractivity contribution < 1.29 is 9.47 Å². The lowest BCUT2D eigenvalue weighted by Crippen LogP contribution is -2.34. The summed E-state index contributed by atoms with van der Waals surface area (Å²) < 4.78 is 10.2. The number of thiocarbonyl (C=S) groups is 1. The molecule has 1 aromatic rings. The fraction of sp³-hybridized carbons (Fsp3) is 0.385. The molecule has 0 fully saturated rings. The Kier molecular flexibility index (Phi) is 6.84. The van der Waals surface area contributed by atoms with Crippen molar-refractivity contribution in [1.82, 2.24) is 10.7 Å². The fourth-order valence-electron chi connectivity index (χ4n) is 1.44. The van der Waals surface area contributed by atoms with Crippen LogP contribution < -0.4 is 15.5 Å². The van der Waals surface area contributed by atoms with Crippen LogP contribution in [0, 0.1) is 0 Å². The van der Waals surface area contributed by atoms with Crippen molar-refractivity contribution >= 4 is 23.0 Å². The molecule has 0 unspecified atom stereocenters. The van der Waals surface area contributed by atoms with Gasteiger partial charge in [-0.2, -0.15) is 5.10 Å². The molecule has 6 heteroatoms. The molecule has 0 radical (unpaired) electrons. The second-order valence-electron chi connectivity index (χ2n) is 3.76. The average Bonchev–Trinajstić information content (AvgIpc) is 2.45. The highest BCUT2D eigenvalue weighted by molar-refractivity contribution is 7.80. The molecule has 0 spiro atoms. The van der Waals surface area contributed by atoms with Crippen molar-refractivity contribution in [1.29, 1.82) is 0 Å². The molecule has 0 aliphatic heterocycles. The van der Waals surface area contributed by atoms with Gasteiger partial charge < -0.3 is 14.8 Å². The molecule has 0 aromatic heterocycles. The van der Waals surface area contributed by atoms with Crippen LogP contribution in [0.4, 0.5) is 0 Å². The first-order valence-electron chi connectivity index (χ1n) is 5.89. The maximum Gasteiger partial charge on any atom is 0.187 e. The Balaban J connectivity index is 2.59. The first-order valence-corrected chi connectivity index (χ1v) is 6.30. The third-order valence-electron chi connectivity index (χ3n) is 2.41. The minimum Gasteiger partial charge on any atom is -0.496 e. The van der Waals surface area contributed by atoms with Gasteiger partial charge in [-0.05, 0) is 31.3 Å². The number of para-hydroxylation sites is 1. The van der Waals surface area contributed by atoms with Gasteiger partial charge in [-0.1, -0.05) is 12.1 Å². The first-order chi connectivity index (χ1) is 9.19. The van der Waals surface area contributed by atoms with E-state index in [9.17, 15) is 0 Å². The zero-order valence-corrected chi connectivity index (χ0v) is 12.2. The summed E-state index contributed by atoms with van der Waals surface area (Å²) in [6.07, 6.45) is 0. The number of hydrogen-bond acceptors (Lipinski definition) is 4. The monoisotopic (exact) mass is 281 g/mol. The van der Waals surface area contributed by atoms with Gasteiger partial charge in [0, 0.05) is 19.2 Å². The number of hydrazone groups is 1.